The number of benzene rings is 1. The van der Waals surface area contributed by atoms with Gasteiger partial charge in [0.05, 0.1) is 0 Å². The largest absolute Gasteiger partial charge is 0.399 e. The summed E-state index contributed by atoms with van der Waals surface area (Å²) in [6, 6.07) is 5.70. The molecule has 0 aliphatic carbocycles. The maximum Gasteiger partial charge on any atom is 0.212 e. The third-order valence-electron chi connectivity index (χ3n) is 3.10. The van der Waals surface area contributed by atoms with E-state index in [-0.39, 0.29) is 25.9 Å². The monoisotopic (exact) mass is 407 g/mol. The summed E-state index contributed by atoms with van der Waals surface area (Å²) in [7, 11) is 0. The van der Waals surface area contributed by atoms with E-state index in [1.165, 1.54) is 24.3 Å². The fourth-order valence-corrected chi connectivity index (χ4v) is 1.81. The van der Waals surface area contributed by atoms with Crippen molar-refractivity contribution in [3.8, 4) is 0 Å². The van der Waals surface area contributed by atoms with Gasteiger partial charge in [-0.15, -0.1) is 0 Å². The van der Waals surface area contributed by atoms with Crippen molar-refractivity contribution in [1.29, 1.82) is 0 Å². The second kappa shape index (κ2) is 9.45. The fourth-order valence-electron chi connectivity index (χ4n) is 1.81. The van der Waals surface area contributed by atoms with E-state index in [4.69, 9.17) is 5.73 Å². The first-order valence-electron chi connectivity index (χ1n) is 7.09. The van der Waals surface area contributed by atoms with Crippen LogP contribution in [-0.2, 0) is 0 Å². The van der Waals surface area contributed by atoms with E-state index < -0.39 is 46.8 Å². The summed E-state index contributed by atoms with van der Waals surface area (Å²) < 4.78 is 12.0. The Morgan fingerprint density at radius 3 is 1.11 bits per heavy atom. The number of hydrogen-bond acceptors (Lipinski definition) is 9. The average Bonchev–Trinajstić information content (AvgIpc) is 2.57. The Kier molecular flexibility index (Phi) is 7.35. The lowest BCUT2D eigenvalue weighted by molar-refractivity contribution is -0.775. The summed E-state index contributed by atoms with van der Waals surface area (Å²) >= 11 is 0. The molecule has 1 saturated heterocycles. The molecule has 0 bridgehead atoms. The first-order chi connectivity index (χ1) is 13.0. The second-order valence-corrected chi connectivity index (χ2v) is 5.09. The zero-order valence-electron chi connectivity index (χ0n) is 13.9. The molecule has 0 atom stereocenters. The molecule has 2 rings (SSSR count). The molecular formula is C10H14FN9O8. The van der Waals surface area contributed by atoms with Gasteiger partial charge in [-0.25, -0.2) is 44.8 Å². The maximum absolute atomic E-state index is 12.0. The molecule has 2 N–H and O–H groups in total. The van der Waals surface area contributed by atoms with Gasteiger partial charge in [0.25, 0.3) is 0 Å². The molecule has 18 heteroatoms. The molecule has 0 spiro atoms. The van der Waals surface area contributed by atoms with E-state index in [1.807, 2.05) is 0 Å². The topological polar surface area (TPSA) is 212 Å². The molecule has 17 nitrogen and oxygen atoms in total. The van der Waals surface area contributed by atoms with Crippen LogP contribution in [0.15, 0.2) is 24.3 Å². The van der Waals surface area contributed by atoms with Crippen LogP contribution in [0.1, 0.15) is 0 Å². The average molecular weight is 407 g/mol. The molecule has 0 amide bonds. The van der Waals surface area contributed by atoms with Gasteiger partial charge in [0.2, 0.25) is 26.7 Å². The first kappa shape index (κ1) is 21.8. The van der Waals surface area contributed by atoms with Gasteiger partial charge >= 0.3 is 0 Å². The van der Waals surface area contributed by atoms with Crippen molar-refractivity contribution in [3.63, 3.8) is 0 Å². The fraction of sp³-hybridized carbons (Fsp3) is 0.400. The van der Waals surface area contributed by atoms with Crippen LogP contribution >= 0.6 is 0 Å². The molecule has 1 aromatic rings. The lowest BCUT2D eigenvalue weighted by atomic mass is 10.3. The van der Waals surface area contributed by atoms with E-state index in [2.05, 4.69) is 0 Å². The van der Waals surface area contributed by atoms with Gasteiger partial charge in [0.1, 0.15) is 5.82 Å². The van der Waals surface area contributed by atoms with Crippen LogP contribution in [0.25, 0.3) is 0 Å². The number of hydrazine groups is 4. The molecule has 1 heterocycles. The number of halogens is 1. The summed E-state index contributed by atoms with van der Waals surface area (Å²) in [5.41, 5.74) is 5.85. The number of nitrogens with zero attached hydrogens (tertiary/aromatic N) is 8. The Labute approximate surface area is 154 Å². The summed E-state index contributed by atoms with van der Waals surface area (Å²) in [5, 5.41) is 39.2. The Bertz CT molecular complexity index is 625. The Hall–Kier alpha value is -4.25. The van der Waals surface area contributed by atoms with Gasteiger partial charge in [0.15, 0.2) is 20.1 Å². The normalized spacial score (nSPS) is 14.3. The standard InChI is InChI=1S/C6H6FN.C4H8N8O8/c7-5-1-3-6(8)4-2-5;13-9(14)5-1-6(10(15)16)3-8(12(19)20)4-7(2-5)11(17)18/h1-4H,8H2;1-4H2. The molecule has 1 aromatic carbocycles. The van der Waals surface area contributed by atoms with Crippen molar-refractivity contribution < 1.29 is 24.5 Å². The smallest absolute Gasteiger partial charge is 0.212 e. The van der Waals surface area contributed by atoms with Crippen LogP contribution in [-0.4, -0.2) is 66.8 Å². The van der Waals surface area contributed by atoms with Crippen molar-refractivity contribution in [2.45, 2.75) is 0 Å². The molecule has 1 fully saturated rings. The predicted octanol–water partition coefficient (Wildman–Crippen LogP) is -0.787. The van der Waals surface area contributed by atoms with Crippen molar-refractivity contribution in [3.05, 3.63) is 70.5 Å². The lowest BCUT2D eigenvalue weighted by Gasteiger charge is -2.27. The molecular weight excluding hydrogens is 393 g/mol. The third-order valence-corrected chi connectivity index (χ3v) is 3.10. The molecule has 28 heavy (non-hydrogen) atoms. The lowest BCUT2D eigenvalue weighted by Crippen LogP contribution is -2.59. The van der Waals surface area contributed by atoms with E-state index in [1.54, 1.807) is 0 Å². The number of rotatable bonds is 4. The van der Waals surface area contributed by atoms with E-state index in [9.17, 15) is 44.8 Å². The van der Waals surface area contributed by atoms with Gasteiger partial charge in [-0.2, -0.15) is 0 Å². The quantitative estimate of drug-likeness (QED) is 0.368. The number of anilines is 1. The van der Waals surface area contributed by atoms with Crippen LogP contribution in [0.3, 0.4) is 0 Å². The molecule has 0 aromatic heterocycles. The predicted molar refractivity (Wildman–Crippen MR) is 85.6 cm³/mol. The summed E-state index contributed by atoms with van der Waals surface area (Å²) in [6.07, 6.45) is 0. The maximum atomic E-state index is 12.0. The summed E-state index contributed by atoms with van der Waals surface area (Å²) in [4.78, 5) is 42.6. The van der Waals surface area contributed by atoms with Crippen LogP contribution in [0.5, 0.6) is 0 Å². The summed E-state index contributed by atoms with van der Waals surface area (Å²) in [5.74, 6) is -0.251. The minimum absolute atomic E-state index is 0.197. The second-order valence-electron chi connectivity index (χ2n) is 5.09. The number of nitrogens with two attached hydrogens (primary N) is 1. The zero-order chi connectivity index (χ0) is 21.4. The Balaban J connectivity index is 0.000000406. The molecule has 0 unspecified atom stereocenters. The number of nitrogen functional groups attached to an aromatic ring is 1. The van der Waals surface area contributed by atoms with Gasteiger partial charge in [-0.3, -0.25) is 0 Å². The highest BCUT2D eigenvalue weighted by Gasteiger charge is 2.39. The van der Waals surface area contributed by atoms with Crippen molar-refractivity contribution in [2.75, 3.05) is 32.4 Å². The minimum atomic E-state index is -1.06. The number of nitro groups is 4. The highest BCUT2D eigenvalue weighted by Crippen LogP contribution is 2.07. The molecule has 0 radical (unpaired) electrons. The molecule has 1 aliphatic heterocycles. The van der Waals surface area contributed by atoms with Crippen molar-refractivity contribution in [1.82, 2.24) is 20.0 Å². The Morgan fingerprint density at radius 1 is 0.679 bits per heavy atom. The van der Waals surface area contributed by atoms with Crippen molar-refractivity contribution in [2.24, 2.45) is 0 Å². The van der Waals surface area contributed by atoms with E-state index >= 15 is 0 Å². The number of hydrogen-bond donors (Lipinski definition) is 1. The minimum Gasteiger partial charge on any atom is -0.399 e. The molecule has 154 valence electrons. The van der Waals surface area contributed by atoms with Gasteiger partial charge in [-0.1, -0.05) is 20.0 Å². The first-order valence-corrected chi connectivity index (χ1v) is 7.09. The van der Waals surface area contributed by atoms with Crippen LogP contribution in [0.2, 0.25) is 0 Å². The van der Waals surface area contributed by atoms with E-state index in [0.29, 0.717) is 5.69 Å². The zero-order valence-corrected chi connectivity index (χ0v) is 13.9. The SMILES string of the molecule is Nc1ccc(F)cc1.O=[N+]([O-])N1CN([N+](=O)[O-])CN([N+](=O)[O-])CN([N+](=O)[O-])C1. The van der Waals surface area contributed by atoms with Crippen LogP contribution in [0.4, 0.5) is 10.1 Å². The van der Waals surface area contributed by atoms with Gasteiger partial charge in [0, 0.05) is 5.69 Å². The van der Waals surface area contributed by atoms with Gasteiger partial charge < -0.3 is 5.73 Å². The molecule has 1 aliphatic rings. The van der Waals surface area contributed by atoms with E-state index in [0.717, 1.165) is 0 Å². The molecule has 0 saturated carbocycles. The Morgan fingerprint density at radius 2 is 0.929 bits per heavy atom. The summed E-state index contributed by atoms with van der Waals surface area (Å²) in [6.45, 7) is -3.80. The highest BCUT2D eigenvalue weighted by molar-refractivity contribution is 5.36. The van der Waals surface area contributed by atoms with Crippen molar-refractivity contribution >= 4 is 5.69 Å². The highest BCUT2D eigenvalue weighted by atomic mass is 19.1. The van der Waals surface area contributed by atoms with Crippen LogP contribution in [0, 0.1) is 46.3 Å². The van der Waals surface area contributed by atoms with Gasteiger partial charge in [-0.05, 0) is 24.3 Å². The third kappa shape index (κ3) is 6.57. The van der Waals surface area contributed by atoms with Crippen LogP contribution < -0.4 is 5.73 Å².